The molecule has 1 aromatic heterocycles. The minimum absolute atomic E-state index is 0.276. The second-order valence-corrected chi connectivity index (χ2v) is 8.96. The number of aromatic nitrogens is 2. The number of hydrogen-bond acceptors (Lipinski definition) is 3. The molecule has 0 fully saturated rings. The Morgan fingerprint density at radius 1 is 0.694 bits per heavy atom. The number of carbonyl (C=O) groups is 1. The van der Waals surface area contributed by atoms with Gasteiger partial charge in [0.05, 0.1) is 18.0 Å². The lowest BCUT2D eigenvalue weighted by Crippen LogP contribution is -2.05. The zero-order chi connectivity index (χ0) is 25.0. The van der Waals surface area contributed by atoms with E-state index < -0.39 is 5.97 Å². The Morgan fingerprint density at radius 2 is 1.22 bits per heavy atom. The van der Waals surface area contributed by atoms with Gasteiger partial charge in [-0.05, 0) is 25.0 Å². The molecular weight excluding hydrogens is 448 g/mol. The second kappa shape index (κ2) is 13.3. The number of imidazole rings is 1. The number of carboxylic acid groups (broad SMARTS) is 1. The van der Waals surface area contributed by atoms with Crippen LogP contribution in [0.15, 0.2) is 91.0 Å². The van der Waals surface area contributed by atoms with Gasteiger partial charge in [-0.15, -0.1) is 0 Å². The minimum Gasteiger partial charge on any atom is -0.481 e. The van der Waals surface area contributed by atoms with E-state index in [0.717, 1.165) is 73.1 Å². The van der Waals surface area contributed by atoms with E-state index in [2.05, 4.69) is 53.1 Å². The van der Waals surface area contributed by atoms with Crippen molar-refractivity contribution < 1.29 is 14.6 Å². The Kier molecular flexibility index (Phi) is 9.32. The van der Waals surface area contributed by atoms with Gasteiger partial charge in [-0.1, -0.05) is 111 Å². The van der Waals surface area contributed by atoms with Gasteiger partial charge >= 0.3 is 12.0 Å². The molecule has 0 radical (unpaired) electrons. The van der Waals surface area contributed by atoms with Crippen LogP contribution in [0.5, 0.6) is 6.01 Å². The Morgan fingerprint density at radius 3 is 1.83 bits per heavy atom. The summed E-state index contributed by atoms with van der Waals surface area (Å²) in [5.74, 6) is -0.702. The third-order valence-electron chi connectivity index (χ3n) is 6.22. The van der Waals surface area contributed by atoms with Gasteiger partial charge in [0.2, 0.25) is 0 Å². The number of nitrogens with zero attached hydrogens (tertiary/aromatic N) is 2. The van der Waals surface area contributed by atoms with E-state index in [1.807, 2.05) is 42.5 Å². The summed E-state index contributed by atoms with van der Waals surface area (Å²) in [6.07, 6.45) is 7.43. The molecule has 1 N–H and O–H groups in total. The average Bonchev–Trinajstić information content (AvgIpc) is 3.30. The monoisotopic (exact) mass is 482 g/mol. The van der Waals surface area contributed by atoms with Crippen molar-refractivity contribution >= 4 is 5.97 Å². The molecule has 0 saturated heterocycles. The summed E-state index contributed by atoms with van der Waals surface area (Å²) < 4.78 is 8.44. The van der Waals surface area contributed by atoms with Crippen LogP contribution in [0.4, 0.5) is 0 Å². The van der Waals surface area contributed by atoms with Gasteiger partial charge in [-0.3, -0.25) is 9.36 Å². The lowest BCUT2D eigenvalue weighted by atomic mass is 10.0. The van der Waals surface area contributed by atoms with Gasteiger partial charge in [0.15, 0.2) is 0 Å². The largest absolute Gasteiger partial charge is 0.481 e. The lowest BCUT2D eigenvalue weighted by Gasteiger charge is -2.13. The molecule has 3 aromatic carbocycles. The lowest BCUT2D eigenvalue weighted by molar-refractivity contribution is -0.137. The smallest absolute Gasteiger partial charge is 0.303 e. The molecule has 0 saturated carbocycles. The molecule has 4 rings (SSSR count). The summed E-state index contributed by atoms with van der Waals surface area (Å²) in [5, 5.41) is 8.73. The fourth-order valence-corrected chi connectivity index (χ4v) is 4.40. The van der Waals surface area contributed by atoms with Crippen molar-refractivity contribution in [2.24, 2.45) is 0 Å². The molecular formula is C31H34N2O3. The van der Waals surface area contributed by atoms with Crippen molar-refractivity contribution in [3.05, 3.63) is 91.0 Å². The van der Waals surface area contributed by atoms with Crippen LogP contribution < -0.4 is 4.74 Å². The van der Waals surface area contributed by atoms with Crippen LogP contribution in [0.3, 0.4) is 0 Å². The quantitative estimate of drug-likeness (QED) is 0.186. The number of aliphatic carboxylic acids is 1. The Bertz CT molecular complexity index is 1200. The molecule has 36 heavy (non-hydrogen) atoms. The molecule has 186 valence electrons. The van der Waals surface area contributed by atoms with Crippen LogP contribution in [-0.2, 0) is 4.79 Å². The third kappa shape index (κ3) is 6.85. The van der Waals surface area contributed by atoms with Gasteiger partial charge in [-0.25, -0.2) is 0 Å². The summed E-state index contributed by atoms with van der Waals surface area (Å²) >= 11 is 0. The van der Waals surface area contributed by atoms with E-state index in [1.165, 1.54) is 0 Å². The van der Waals surface area contributed by atoms with Crippen LogP contribution in [0.25, 0.3) is 28.2 Å². The molecule has 0 amide bonds. The predicted octanol–water partition coefficient (Wildman–Crippen LogP) is 7.79. The fourth-order valence-electron chi connectivity index (χ4n) is 4.40. The summed E-state index contributed by atoms with van der Waals surface area (Å²) in [6.45, 7) is 0.603. The maximum absolute atomic E-state index is 10.6. The first kappa shape index (κ1) is 25.2. The highest BCUT2D eigenvalue weighted by Gasteiger charge is 2.22. The van der Waals surface area contributed by atoms with Gasteiger partial charge in [0.25, 0.3) is 0 Å². The molecule has 0 unspecified atom stereocenters. The maximum Gasteiger partial charge on any atom is 0.303 e. The second-order valence-electron chi connectivity index (χ2n) is 8.96. The van der Waals surface area contributed by atoms with Crippen molar-refractivity contribution in [3.8, 4) is 34.2 Å². The highest BCUT2D eigenvalue weighted by molar-refractivity contribution is 5.81. The molecule has 0 aliphatic rings. The molecule has 0 atom stereocenters. The molecule has 1 heterocycles. The van der Waals surface area contributed by atoms with E-state index in [-0.39, 0.29) is 6.42 Å². The SMILES string of the molecule is O=C(O)CCCCCCCCCOc1nc(-c2ccccc2)c(-c2ccccc2)n1-c1ccccc1. The Balaban J connectivity index is 1.50. The molecule has 0 aliphatic carbocycles. The van der Waals surface area contributed by atoms with Gasteiger partial charge in [-0.2, -0.15) is 4.98 Å². The number of para-hydroxylation sites is 1. The topological polar surface area (TPSA) is 64.3 Å². The van der Waals surface area contributed by atoms with Crippen molar-refractivity contribution in [2.75, 3.05) is 6.61 Å². The van der Waals surface area contributed by atoms with E-state index in [9.17, 15) is 4.79 Å². The summed E-state index contributed by atoms with van der Waals surface area (Å²) in [5.41, 5.74) is 5.08. The van der Waals surface area contributed by atoms with Gasteiger partial charge in [0, 0.05) is 17.5 Å². The highest BCUT2D eigenvalue weighted by atomic mass is 16.5. The first-order chi connectivity index (χ1) is 17.7. The summed E-state index contributed by atoms with van der Waals surface area (Å²) in [7, 11) is 0. The van der Waals surface area contributed by atoms with Gasteiger partial charge < -0.3 is 9.84 Å². The molecule has 5 heteroatoms. The van der Waals surface area contributed by atoms with Crippen LogP contribution in [0.2, 0.25) is 0 Å². The van der Waals surface area contributed by atoms with Crippen molar-refractivity contribution in [2.45, 2.75) is 51.4 Å². The van der Waals surface area contributed by atoms with Crippen LogP contribution >= 0.6 is 0 Å². The molecule has 0 bridgehead atoms. The number of carboxylic acids is 1. The number of benzene rings is 3. The summed E-state index contributed by atoms with van der Waals surface area (Å²) in [4.78, 5) is 15.6. The molecule has 0 spiro atoms. The number of unbranched alkanes of at least 4 members (excludes halogenated alkanes) is 6. The van der Waals surface area contributed by atoms with E-state index >= 15 is 0 Å². The Labute approximate surface area is 213 Å². The van der Waals surface area contributed by atoms with Crippen LogP contribution in [0, 0.1) is 0 Å². The summed E-state index contributed by atoms with van der Waals surface area (Å²) in [6, 6.07) is 31.5. The standard InChI is InChI=1S/C31H34N2O3/c34-28(35)23-15-4-2-1-3-5-16-24-36-31-32-29(25-17-9-6-10-18-25)30(26-19-11-7-12-20-26)33(31)27-21-13-8-14-22-27/h6-14,17-22H,1-5,15-16,23-24H2,(H,34,35). The Hall–Kier alpha value is -3.86. The molecule has 5 nitrogen and oxygen atoms in total. The van der Waals surface area contributed by atoms with Crippen molar-refractivity contribution in [3.63, 3.8) is 0 Å². The zero-order valence-corrected chi connectivity index (χ0v) is 20.7. The minimum atomic E-state index is -0.702. The third-order valence-corrected chi connectivity index (χ3v) is 6.22. The zero-order valence-electron chi connectivity index (χ0n) is 20.7. The average molecular weight is 483 g/mol. The predicted molar refractivity (Wildman–Crippen MR) is 145 cm³/mol. The number of hydrogen-bond donors (Lipinski definition) is 1. The van der Waals surface area contributed by atoms with E-state index in [0.29, 0.717) is 12.6 Å². The normalized spacial score (nSPS) is 10.9. The van der Waals surface area contributed by atoms with Crippen molar-refractivity contribution in [1.29, 1.82) is 0 Å². The highest BCUT2D eigenvalue weighted by Crippen LogP contribution is 2.37. The first-order valence-corrected chi connectivity index (χ1v) is 12.9. The van der Waals surface area contributed by atoms with Gasteiger partial charge in [0.1, 0.15) is 5.69 Å². The van der Waals surface area contributed by atoms with E-state index in [4.69, 9.17) is 14.8 Å². The molecule has 0 aliphatic heterocycles. The van der Waals surface area contributed by atoms with Crippen LogP contribution in [0.1, 0.15) is 51.4 Å². The van der Waals surface area contributed by atoms with Crippen LogP contribution in [-0.4, -0.2) is 27.2 Å². The van der Waals surface area contributed by atoms with Crippen molar-refractivity contribution in [1.82, 2.24) is 9.55 Å². The first-order valence-electron chi connectivity index (χ1n) is 12.9. The number of ether oxygens (including phenoxy) is 1. The van der Waals surface area contributed by atoms with E-state index in [1.54, 1.807) is 0 Å². The molecule has 4 aromatic rings. The fraction of sp³-hybridized carbons (Fsp3) is 0.290. The number of rotatable bonds is 14. The maximum atomic E-state index is 10.6.